The van der Waals surface area contributed by atoms with Crippen molar-refractivity contribution in [2.24, 2.45) is 0 Å². The van der Waals surface area contributed by atoms with E-state index in [0.717, 1.165) is 23.2 Å². The number of benzene rings is 2. The second-order valence-electron chi connectivity index (χ2n) is 5.34. The molecule has 3 rings (SSSR count). The smallest absolute Gasteiger partial charge is 0.257 e. The van der Waals surface area contributed by atoms with E-state index in [1.165, 1.54) is 0 Å². The van der Waals surface area contributed by atoms with Crippen molar-refractivity contribution < 1.29 is 9.53 Å². The third-order valence-electron chi connectivity index (χ3n) is 3.73. The van der Waals surface area contributed by atoms with Crippen molar-refractivity contribution in [1.82, 2.24) is 0 Å². The molecule has 0 spiro atoms. The molecule has 0 aliphatic carbocycles. The predicted octanol–water partition coefficient (Wildman–Crippen LogP) is 4.84. The number of hydrogen-bond donors (Lipinski definition) is 1. The zero-order chi connectivity index (χ0) is 17.1. The molecule has 1 heterocycles. The van der Waals surface area contributed by atoms with Gasteiger partial charge in [0.15, 0.2) is 0 Å². The fourth-order valence-corrected chi connectivity index (χ4v) is 3.38. The summed E-state index contributed by atoms with van der Waals surface area (Å²) in [6.45, 7) is 2.99. The van der Waals surface area contributed by atoms with Gasteiger partial charge < -0.3 is 15.0 Å². The second-order valence-corrected chi connectivity index (χ2v) is 7.07. The lowest BCUT2D eigenvalue weighted by Gasteiger charge is -2.29. The van der Waals surface area contributed by atoms with Crippen LogP contribution < -0.4 is 10.2 Å². The zero-order valence-corrected chi connectivity index (χ0v) is 15.8. The van der Waals surface area contributed by atoms with Gasteiger partial charge in [0.1, 0.15) is 0 Å². The van der Waals surface area contributed by atoms with Crippen LogP contribution in [0, 0.1) is 0 Å². The first-order valence-corrected chi connectivity index (χ1v) is 8.98. The van der Waals surface area contributed by atoms with Gasteiger partial charge in [-0.15, -0.1) is 0 Å². The van der Waals surface area contributed by atoms with Crippen LogP contribution in [0.2, 0.25) is 10.0 Å². The van der Waals surface area contributed by atoms with Gasteiger partial charge in [-0.2, -0.15) is 0 Å². The predicted molar refractivity (Wildman–Crippen MR) is 102 cm³/mol. The number of hydrogen-bond acceptors (Lipinski definition) is 3. The van der Waals surface area contributed by atoms with Crippen molar-refractivity contribution in [3.63, 3.8) is 0 Å². The number of rotatable bonds is 3. The van der Waals surface area contributed by atoms with Gasteiger partial charge in [0, 0.05) is 23.2 Å². The highest BCUT2D eigenvalue weighted by atomic mass is 79.9. The van der Waals surface area contributed by atoms with Gasteiger partial charge in [-0.3, -0.25) is 4.79 Å². The molecule has 1 aliphatic heterocycles. The number of carbonyl (C=O) groups excluding carboxylic acids is 1. The molecule has 0 atom stereocenters. The van der Waals surface area contributed by atoms with Crippen LogP contribution >= 0.6 is 39.1 Å². The molecule has 0 aromatic heterocycles. The molecule has 1 N–H and O–H groups in total. The SMILES string of the molecule is O=C(Nc1ccc(N2CCOCC2)c(Cl)c1)c1cc(Br)ccc1Cl. The van der Waals surface area contributed by atoms with Gasteiger partial charge in [0.05, 0.1) is 34.5 Å². The minimum Gasteiger partial charge on any atom is -0.378 e. The molecule has 0 unspecified atom stereocenters. The topological polar surface area (TPSA) is 41.6 Å². The van der Waals surface area contributed by atoms with Crippen LogP contribution in [0.4, 0.5) is 11.4 Å². The molecule has 1 fully saturated rings. The van der Waals surface area contributed by atoms with Crippen molar-refractivity contribution in [3.05, 3.63) is 56.5 Å². The highest BCUT2D eigenvalue weighted by molar-refractivity contribution is 9.10. The Labute approximate surface area is 158 Å². The third-order valence-corrected chi connectivity index (χ3v) is 4.86. The maximum Gasteiger partial charge on any atom is 0.257 e. The minimum atomic E-state index is -0.281. The summed E-state index contributed by atoms with van der Waals surface area (Å²) in [5.41, 5.74) is 1.97. The van der Waals surface area contributed by atoms with E-state index in [4.69, 9.17) is 27.9 Å². The maximum atomic E-state index is 12.4. The number of carbonyl (C=O) groups is 1. The minimum absolute atomic E-state index is 0.281. The molecule has 0 bridgehead atoms. The largest absolute Gasteiger partial charge is 0.378 e. The highest BCUT2D eigenvalue weighted by Crippen LogP contribution is 2.30. The summed E-state index contributed by atoms with van der Waals surface area (Å²) in [5, 5.41) is 3.81. The number of nitrogens with one attached hydrogen (secondary N) is 1. The number of amides is 1. The normalized spacial score (nSPS) is 14.5. The number of morpholine rings is 1. The molecule has 126 valence electrons. The molecular weight excluding hydrogens is 415 g/mol. The first-order chi connectivity index (χ1) is 11.5. The molecule has 1 amide bonds. The Morgan fingerprint density at radius 3 is 2.54 bits per heavy atom. The van der Waals surface area contributed by atoms with E-state index in [9.17, 15) is 4.79 Å². The molecule has 7 heteroatoms. The maximum absolute atomic E-state index is 12.4. The van der Waals surface area contributed by atoms with Gasteiger partial charge in [-0.25, -0.2) is 0 Å². The Hall–Kier alpha value is -1.27. The average molecular weight is 430 g/mol. The van der Waals surface area contributed by atoms with Crippen LogP contribution in [-0.4, -0.2) is 32.2 Å². The monoisotopic (exact) mass is 428 g/mol. The first-order valence-electron chi connectivity index (χ1n) is 7.43. The number of ether oxygens (including phenoxy) is 1. The molecule has 24 heavy (non-hydrogen) atoms. The van der Waals surface area contributed by atoms with E-state index >= 15 is 0 Å². The van der Waals surface area contributed by atoms with Gasteiger partial charge in [0.2, 0.25) is 0 Å². The van der Waals surface area contributed by atoms with Crippen LogP contribution in [0.1, 0.15) is 10.4 Å². The van der Waals surface area contributed by atoms with Crippen LogP contribution in [0.25, 0.3) is 0 Å². The Balaban J connectivity index is 1.77. The van der Waals surface area contributed by atoms with Crippen LogP contribution in [0.3, 0.4) is 0 Å². The fourth-order valence-electron chi connectivity index (χ4n) is 2.52. The molecule has 2 aromatic carbocycles. The Bertz CT molecular complexity index is 764. The number of anilines is 2. The summed E-state index contributed by atoms with van der Waals surface area (Å²) in [5.74, 6) is -0.281. The van der Waals surface area contributed by atoms with Crippen molar-refractivity contribution in [2.45, 2.75) is 0 Å². The summed E-state index contributed by atoms with van der Waals surface area (Å²) in [6.07, 6.45) is 0. The zero-order valence-electron chi connectivity index (χ0n) is 12.7. The van der Waals surface area contributed by atoms with Crippen molar-refractivity contribution in [2.75, 3.05) is 36.5 Å². The lowest BCUT2D eigenvalue weighted by Crippen LogP contribution is -2.36. The van der Waals surface area contributed by atoms with E-state index in [-0.39, 0.29) is 5.91 Å². The molecule has 2 aromatic rings. The second kappa shape index (κ2) is 7.74. The molecule has 1 aliphatic rings. The number of halogens is 3. The summed E-state index contributed by atoms with van der Waals surface area (Å²) in [7, 11) is 0. The summed E-state index contributed by atoms with van der Waals surface area (Å²) in [6, 6.07) is 10.6. The molecule has 4 nitrogen and oxygen atoms in total. The van der Waals surface area contributed by atoms with E-state index in [1.807, 2.05) is 12.1 Å². The first kappa shape index (κ1) is 17.5. The Morgan fingerprint density at radius 1 is 1.08 bits per heavy atom. The third kappa shape index (κ3) is 4.03. The molecule has 1 saturated heterocycles. The molecule has 0 saturated carbocycles. The van der Waals surface area contributed by atoms with E-state index in [2.05, 4.69) is 26.1 Å². The van der Waals surface area contributed by atoms with Gasteiger partial charge in [0.25, 0.3) is 5.91 Å². The van der Waals surface area contributed by atoms with E-state index in [0.29, 0.717) is 34.5 Å². The summed E-state index contributed by atoms with van der Waals surface area (Å²) >= 11 is 15.8. The van der Waals surface area contributed by atoms with Crippen molar-refractivity contribution in [3.8, 4) is 0 Å². The Morgan fingerprint density at radius 2 is 1.83 bits per heavy atom. The standard InChI is InChI=1S/C17H15BrCl2N2O2/c18-11-1-3-14(19)13(9-11)17(23)21-12-2-4-16(15(20)10-12)22-5-7-24-8-6-22/h1-4,9-10H,5-8H2,(H,21,23). The lowest BCUT2D eigenvalue weighted by molar-refractivity contribution is 0.102. The molecular formula is C17H15BrCl2N2O2. The van der Waals surface area contributed by atoms with Crippen LogP contribution in [-0.2, 0) is 4.74 Å². The van der Waals surface area contributed by atoms with E-state index in [1.54, 1.807) is 24.3 Å². The Kier molecular flexibility index (Phi) is 5.66. The van der Waals surface area contributed by atoms with E-state index < -0.39 is 0 Å². The highest BCUT2D eigenvalue weighted by Gasteiger charge is 2.16. The van der Waals surface area contributed by atoms with Gasteiger partial charge >= 0.3 is 0 Å². The van der Waals surface area contributed by atoms with Crippen molar-refractivity contribution >= 4 is 56.4 Å². The molecule has 0 radical (unpaired) electrons. The quantitative estimate of drug-likeness (QED) is 0.758. The van der Waals surface area contributed by atoms with Gasteiger partial charge in [-0.05, 0) is 36.4 Å². The average Bonchev–Trinajstić information content (AvgIpc) is 2.58. The fraction of sp³-hybridized carbons (Fsp3) is 0.235. The summed E-state index contributed by atoms with van der Waals surface area (Å²) in [4.78, 5) is 14.6. The van der Waals surface area contributed by atoms with Gasteiger partial charge in [-0.1, -0.05) is 39.1 Å². The summed E-state index contributed by atoms with van der Waals surface area (Å²) < 4.78 is 6.14. The lowest BCUT2D eigenvalue weighted by atomic mass is 10.2. The number of nitrogens with zero attached hydrogens (tertiary/aromatic N) is 1. The van der Waals surface area contributed by atoms with Crippen LogP contribution in [0.5, 0.6) is 0 Å². The van der Waals surface area contributed by atoms with Crippen LogP contribution in [0.15, 0.2) is 40.9 Å². The van der Waals surface area contributed by atoms with Crippen molar-refractivity contribution in [1.29, 1.82) is 0 Å².